The largest absolute Gasteiger partial charge is 0.478 e. The second-order valence-electron chi connectivity index (χ2n) is 9.54. The van der Waals surface area contributed by atoms with Crippen molar-refractivity contribution in [3.8, 4) is 17.1 Å². The average Bonchev–Trinajstić information content (AvgIpc) is 3.49. The highest BCUT2D eigenvalue weighted by Gasteiger charge is 2.23. The van der Waals surface area contributed by atoms with Gasteiger partial charge in [0.25, 0.3) is 0 Å². The Bertz CT molecular complexity index is 1730. The normalized spacial score (nSPS) is 14.8. The summed E-state index contributed by atoms with van der Waals surface area (Å²) in [7, 11) is 0. The maximum Gasteiger partial charge on any atom is 0.335 e. The second kappa shape index (κ2) is 10.7. The highest BCUT2D eigenvalue weighted by molar-refractivity contribution is 7.11. The number of hydrogen-bond acceptors (Lipinski definition) is 7. The summed E-state index contributed by atoms with van der Waals surface area (Å²) in [6, 6.07) is 11.8. The third-order valence-electron chi connectivity index (χ3n) is 6.75. The Morgan fingerprint density at radius 3 is 2.75 bits per heavy atom. The Morgan fingerprint density at radius 1 is 1.18 bits per heavy atom. The van der Waals surface area contributed by atoms with Gasteiger partial charge < -0.3 is 19.1 Å². The number of carbonyl (C=O) groups is 1. The third kappa shape index (κ3) is 5.30. The van der Waals surface area contributed by atoms with Crippen molar-refractivity contribution in [3.63, 3.8) is 0 Å². The van der Waals surface area contributed by atoms with Gasteiger partial charge in [-0.05, 0) is 55.3 Å². The number of imidazole rings is 1. The van der Waals surface area contributed by atoms with Crippen LogP contribution in [0, 0.1) is 18.6 Å². The number of fused-ring (bicyclic) bond motifs is 1. The zero-order chi connectivity index (χ0) is 27.8. The number of ether oxygens (including phenoxy) is 2. The standard InChI is InChI=1S/C29H24F2N4O4S/c1-16-13-32-28(40-16)15-39-27-4-2-3-23(34-27)20-12-21(30)18(9-22(20)31)11-26-33-24-6-5-17(29(36)37)10-25(24)35(26)14-19-7-8-38-19/h2-6,9-10,12-13,19H,7-8,11,14-15H2,1H3,(H,36,37). The number of carboxylic acids is 1. The molecule has 204 valence electrons. The number of thiazole rings is 1. The lowest BCUT2D eigenvalue weighted by Gasteiger charge is -2.27. The fraction of sp³-hybridized carbons (Fsp3) is 0.241. The SMILES string of the molecule is Cc1cnc(COc2cccc(-c3cc(F)c(Cc4nc5ccc(C(=O)O)cc5n4CC4CCO4)cc3F)n2)s1. The minimum absolute atomic E-state index is 0.0106. The number of halogens is 2. The predicted molar refractivity (Wildman–Crippen MR) is 145 cm³/mol. The molecule has 2 aromatic carbocycles. The highest BCUT2D eigenvalue weighted by Crippen LogP contribution is 2.29. The number of aromatic nitrogens is 4. The van der Waals surface area contributed by atoms with Gasteiger partial charge in [0.05, 0.1) is 34.9 Å². The lowest BCUT2D eigenvalue weighted by atomic mass is 10.0. The fourth-order valence-corrected chi connectivity index (χ4v) is 5.32. The van der Waals surface area contributed by atoms with Crippen LogP contribution < -0.4 is 4.74 Å². The van der Waals surface area contributed by atoms with Crippen LogP contribution in [0.2, 0.25) is 0 Å². The maximum absolute atomic E-state index is 15.4. The van der Waals surface area contributed by atoms with E-state index < -0.39 is 17.6 Å². The lowest BCUT2D eigenvalue weighted by Crippen LogP contribution is -2.31. The summed E-state index contributed by atoms with van der Waals surface area (Å²) in [5, 5.41) is 10.2. The van der Waals surface area contributed by atoms with E-state index in [1.807, 2.05) is 11.5 Å². The quantitative estimate of drug-likeness (QED) is 0.242. The molecule has 0 aliphatic carbocycles. The number of aromatic carboxylic acids is 1. The van der Waals surface area contributed by atoms with Gasteiger partial charge in [0, 0.05) is 35.7 Å². The minimum Gasteiger partial charge on any atom is -0.478 e. The summed E-state index contributed by atoms with van der Waals surface area (Å²) >= 11 is 1.51. The van der Waals surface area contributed by atoms with Gasteiger partial charge >= 0.3 is 5.97 Å². The van der Waals surface area contributed by atoms with E-state index in [0.29, 0.717) is 30.0 Å². The molecule has 1 unspecified atom stereocenters. The molecule has 0 saturated carbocycles. The summed E-state index contributed by atoms with van der Waals surface area (Å²) < 4.78 is 43.9. The molecule has 8 nitrogen and oxygen atoms in total. The first-order valence-electron chi connectivity index (χ1n) is 12.7. The number of hydrogen-bond donors (Lipinski definition) is 1. The van der Waals surface area contributed by atoms with E-state index in [1.54, 1.807) is 36.5 Å². The summed E-state index contributed by atoms with van der Waals surface area (Å²) in [5.41, 5.74) is 1.68. The molecule has 1 N–H and O–H groups in total. The highest BCUT2D eigenvalue weighted by atomic mass is 32.1. The minimum atomic E-state index is -1.05. The van der Waals surface area contributed by atoms with Crippen LogP contribution in [-0.2, 0) is 24.3 Å². The maximum atomic E-state index is 15.4. The van der Waals surface area contributed by atoms with Crippen molar-refractivity contribution in [3.05, 3.63) is 93.2 Å². The van der Waals surface area contributed by atoms with E-state index in [1.165, 1.54) is 17.4 Å². The topological polar surface area (TPSA) is 99.4 Å². The number of nitrogens with zero attached hydrogens (tertiary/aromatic N) is 4. The van der Waals surface area contributed by atoms with Gasteiger partial charge in [-0.15, -0.1) is 11.3 Å². The molecule has 0 radical (unpaired) electrons. The number of aryl methyl sites for hydroxylation is 1. The Labute approximate surface area is 231 Å². The predicted octanol–water partition coefficient (Wildman–Crippen LogP) is 5.80. The van der Waals surface area contributed by atoms with Gasteiger partial charge in [0.15, 0.2) is 0 Å². The van der Waals surface area contributed by atoms with Crippen molar-refractivity contribution in [2.75, 3.05) is 6.61 Å². The van der Waals surface area contributed by atoms with Crippen LogP contribution in [0.25, 0.3) is 22.3 Å². The molecule has 0 amide bonds. The molecular formula is C29H24F2N4O4S. The van der Waals surface area contributed by atoms with E-state index in [4.69, 9.17) is 9.47 Å². The van der Waals surface area contributed by atoms with Gasteiger partial charge in [-0.1, -0.05) is 6.07 Å². The molecule has 6 rings (SSSR count). The van der Waals surface area contributed by atoms with E-state index in [9.17, 15) is 9.90 Å². The van der Waals surface area contributed by atoms with E-state index in [2.05, 4.69) is 15.0 Å². The molecular weight excluding hydrogens is 538 g/mol. The Kier molecular flexibility index (Phi) is 6.99. The molecule has 11 heteroatoms. The molecule has 1 fully saturated rings. The van der Waals surface area contributed by atoms with Crippen molar-refractivity contribution in [1.29, 1.82) is 0 Å². The first kappa shape index (κ1) is 26.0. The van der Waals surface area contributed by atoms with Crippen LogP contribution in [-0.4, -0.2) is 43.3 Å². The molecule has 1 aliphatic heterocycles. The van der Waals surface area contributed by atoms with E-state index in [-0.39, 0.29) is 47.4 Å². The Morgan fingerprint density at radius 2 is 2.02 bits per heavy atom. The van der Waals surface area contributed by atoms with Crippen molar-refractivity contribution in [1.82, 2.24) is 19.5 Å². The molecule has 40 heavy (non-hydrogen) atoms. The van der Waals surface area contributed by atoms with Gasteiger partial charge in [-0.25, -0.2) is 28.5 Å². The van der Waals surface area contributed by atoms with Crippen molar-refractivity contribution >= 4 is 28.3 Å². The number of rotatable bonds is 9. The number of pyridine rings is 1. The zero-order valence-electron chi connectivity index (χ0n) is 21.4. The number of benzene rings is 2. The van der Waals surface area contributed by atoms with Crippen molar-refractivity contribution < 1.29 is 28.2 Å². The van der Waals surface area contributed by atoms with Crippen molar-refractivity contribution in [2.45, 2.75) is 39.0 Å². The van der Waals surface area contributed by atoms with Crippen LogP contribution >= 0.6 is 11.3 Å². The molecule has 5 aromatic rings. The fourth-order valence-electron chi connectivity index (χ4n) is 4.62. The van der Waals surface area contributed by atoms with Crippen molar-refractivity contribution in [2.24, 2.45) is 0 Å². The van der Waals surface area contributed by atoms with Crippen LogP contribution in [0.3, 0.4) is 0 Å². The first-order chi connectivity index (χ1) is 19.3. The summed E-state index contributed by atoms with van der Waals surface area (Å²) in [5.74, 6) is -1.52. The van der Waals surface area contributed by atoms with Crippen LogP contribution in [0.15, 0.2) is 54.7 Å². The zero-order valence-corrected chi connectivity index (χ0v) is 22.3. The molecule has 1 saturated heterocycles. The van der Waals surface area contributed by atoms with E-state index >= 15 is 8.78 Å². The van der Waals surface area contributed by atoms with Gasteiger partial charge in [0.2, 0.25) is 5.88 Å². The Balaban J connectivity index is 1.28. The summed E-state index contributed by atoms with van der Waals surface area (Å²) in [6.07, 6.45) is 2.58. The van der Waals surface area contributed by atoms with Gasteiger partial charge in [-0.2, -0.15) is 0 Å². The van der Waals surface area contributed by atoms with Crippen LogP contribution in [0.1, 0.15) is 38.1 Å². The number of carboxylic acid groups (broad SMARTS) is 1. The van der Waals surface area contributed by atoms with Gasteiger partial charge in [-0.3, -0.25) is 0 Å². The smallest absolute Gasteiger partial charge is 0.335 e. The van der Waals surface area contributed by atoms with E-state index in [0.717, 1.165) is 28.4 Å². The molecule has 0 bridgehead atoms. The van der Waals surface area contributed by atoms with Gasteiger partial charge in [0.1, 0.15) is 29.1 Å². The third-order valence-corrected chi connectivity index (χ3v) is 7.64. The van der Waals surface area contributed by atoms with Crippen LogP contribution in [0.4, 0.5) is 8.78 Å². The molecule has 0 spiro atoms. The molecule has 1 aliphatic rings. The average molecular weight is 563 g/mol. The summed E-state index contributed by atoms with van der Waals surface area (Å²) in [6.45, 7) is 3.27. The molecule has 4 heterocycles. The monoisotopic (exact) mass is 562 g/mol. The first-order valence-corrected chi connectivity index (χ1v) is 13.5. The molecule has 3 aromatic heterocycles. The molecule has 1 atom stereocenters. The second-order valence-corrected chi connectivity index (χ2v) is 10.9. The Hall–Kier alpha value is -4.22. The lowest BCUT2D eigenvalue weighted by molar-refractivity contribution is -0.0589. The van der Waals surface area contributed by atoms with Crippen LogP contribution in [0.5, 0.6) is 5.88 Å². The summed E-state index contributed by atoms with van der Waals surface area (Å²) in [4.78, 5) is 25.8.